The highest BCUT2D eigenvalue weighted by Gasteiger charge is 1.99. The lowest BCUT2D eigenvalue weighted by Crippen LogP contribution is -2.36. The molecule has 0 unspecified atom stereocenters. The van der Waals surface area contributed by atoms with Crippen molar-refractivity contribution in [3.63, 3.8) is 0 Å². The highest BCUT2D eigenvalue weighted by atomic mass is 16.4. The molecule has 0 saturated carbocycles. The first-order valence-electron chi connectivity index (χ1n) is 8.40. The van der Waals surface area contributed by atoms with Gasteiger partial charge in [0.1, 0.15) is 0 Å². The number of hydrogen-bond acceptors (Lipinski definition) is 2. The minimum atomic E-state index is -0.734. The molecule has 0 aliphatic heterocycles. The second-order valence-electron chi connectivity index (χ2n) is 5.51. The van der Waals surface area contributed by atoms with Crippen LogP contribution in [0, 0.1) is 0 Å². The molecule has 2 amide bonds. The number of rotatable bonds is 14. The predicted octanol–water partition coefficient (Wildman–Crippen LogP) is 3.68. The van der Waals surface area contributed by atoms with Crippen molar-refractivity contribution < 1.29 is 14.7 Å². The molecule has 0 aliphatic carbocycles. The van der Waals surface area contributed by atoms with E-state index in [1.54, 1.807) is 0 Å². The molecule has 5 heteroatoms. The number of hydrogen-bond donors (Lipinski definition) is 3. The van der Waals surface area contributed by atoms with Gasteiger partial charge in [0, 0.05) is 19.5 Å². The third kappa shape index (κ3) is 16.7. The van der Waals surface area contributed by atoms with Crippen LogP contribution in [0.4, 0.5) is 4.79 Å². The van der Waals surface area contributed by atoms with E-state index in [-0.39, 0.29) is 12.5 Å². The topological polar surface area (TPSA) is 78.4 Å². The average Bonchev–Trinajstić information content (AvgIpc) is 2.45. The lowest BCUT2D eigenvalue weighted by atomic mass is 10.1. The Morgan fingerprint density at radius 2 is 1.24 bits per heavy atom. The minimum absolute atomic E-state index is 0.0888. The van der Waals surface area contributed by atoms with E-state index < -0.39 is 5.97 Å². The summed E-state index contributed by atoms with van der Waals surface area (Å²) in [5.41, 5.74) is 0. The largest absolute Gasteiger partial charge is 0.481 e. The van der Waals surface area contributed by atoms with Gasteiger partial charge in [0.25, 0.3) is 0 Å². The van der Waals surface area contributed by atoms with Gasteiger partial charge in [-0.15, -0.1) is 0 Å². The molecule has 0 aliphatic rings. The summed E-state index contributed by atoms with van der Waals surface area (Å²) in [6.07, 6.45) is 11.1. The minimum Gasteiger partial charge on any atom is -0.481 e. The van der Waals surface area contributed by atoms with Crippen LogP contribution in [-0.2, 0) is 4.79 Å². The SMILES string of the molecule is CCCCCCCCNC(=O)NCCCCCCC(=O)O. The first kappa shape index (κ1) is 19.7. The predicted molar refractivity (Wildman–Crippen MR) is 85.5 cm³/mol. The summed E-state index contributed by atoms with van der Waals surface area (Å²) >= 11 is 0. The van der Waals surface area contributed by atoms with Crippen LogP contribution in [0.25, 0.3) is 0 Å². The molecule has 0 aromatic carbocycles. The second kappa shape index (κ2) is 15.1. The molecule has 5 nitrogen and oxygen atoms in total. The number of nitrogens with one attached hydrogen (secondary N) is 2. The number of carbonyl (C=O) groups excluding carboxylic acids is 1. The van der Waals surface area contributed by atoms with Crippen LogP contribution in [0.3, 0.4) is 0 Å². The van der Waals surface area contributed by atoms with Crippen molar-refractivity contribution in [3.05, 3.63) is 0 Å². The lowest BCUT2D eigenvalue weighted by molar-refractivity contribution is -0.137. The number of urea groups is 1. The van der Waals surface area contributed by atoms with Gasteiger partial charge >= 0.3 is 12.0 Å². The first-order chi connectivity index (χ1) is 10.2. The summed E-state index contributed by atoms with van der Waals surface area (Å²) in [6, 6.07) is -0.0888. The number of carboxylic acid groups (broad SMARTS) is 1. The first-order valence-corrected chi connectivity index (χ1v) is 8.40. The zero-order valence-corrected chi connectivity index (χ0v) is 13.5. The average molecular weight is 300 g/mol. The Bertz CT molecular complexity index is 270. The fraction of sp³-hybridized carbons (Fsp3) is 0.875. The van der Waals surface area contributed by atoms with Crippen molar-refractivity contribution in [1.82, 2.24) is 10.6 Å². The van der Waals surface area contributed by atoms with Gasteiger partial charge in [-0.25, -0.2) is 4.79 Å². The molecule has 0 saturated heterocycles. The van der Waals surface area contributed by atoms with E-state index in [9.17, 15) is 9.59 Å². The van der Waals surface area contributed by atoms with Gasteiger partial charge in [0.2, 0.25) is 0 Å². The molecule has 0 radical (unpaired) electrons. The van der Waals surface area contributed by atoms with E-state index >= 15 is 0 Å². The Labute approximate surface area is 128 Å². The smallest absolute Gasteiger partial charge is 0.314 e. The van der Waals surface area contributed by atoms with Crippen LogP contribution >= 0.6 is 0 Å². The number of unbranched alkanes of at least 4 members (excludes halogenated alkanes) is 8. The van der Waals surface area contributed by atoms with Crippen LogP contribution in [0.15, 0.2) is 0 Å². The Balaban J connectivity index is 3.18. The summed E-state index contributed by atoms with van der Waals surface area (Å²) in [7, 11) is 0. The Morgan fingerprint density at radius 3 is 1.76 bits per heavy atom. The number of amides is 2. The van der Waals surface area contributed by atoms with E-state index in [0.717, 1.165) is 38.6 Å². The van der Waals surface area contributed by atoms with Crippen LogP contribution in [0.2, 0.25) is 0 Å². The Hall–Kier alpha value is -1.26. The van der Waals surface area contributed by atoms with Gasteiger partial charge < -0.3 is 15.7 Å². The maximum absolute atomic E-state index is 11.5. The third-order valence-corrected chi connectivity index (χ3v) is 3.42. The third-order valence-electron chi connectivity index (χ3n) is 3.42. The number of carboxylic acids is 1. The maximum atomic E-state index is 11.5. The summed E-state index contributed by atoms with van der Waals surface area (Å²) in [4.78, 5) is 21.8. The number of carbonyl (C=O) groups is 2. The Kier molecular flexibility index (Phi) is 14.2. The summed E-state index contributed by atoms with van der Waals surface area (Å²) in [5, 5.41) is 14.2. The Morgan fingerprint density at radius 1 is 0.762 bits per heavy atom. The summed E-state index contributed by atoms with van der Waals surface area (Å²) in [5.74, 6) is -0.734. The van der Waals surface area contributed by atoms with Crippen LogP contribution < -0.4 is 10.6 Å². The molecular formula is C16H32N2O3. The van der Waals surface area contributed by atoms with Gasteiger partial charge in [-0.05, 0) is 19.3 Å². The summed E-state index contributed by atoms with van der Waals surface area (Å²) in [6.45, 7) is 3.62. The standard InChI is InChI=1S/C16H32N2O3/c1-2-3-4-5-7-10-13-17-16(21)18-14-11-8-6-9-12-15(19)20/h2-14H2,1H3,(H,19,20)(H2,17,18,21). The molecular weight excluding hydrogens is 268 g/mol. The second-order valence-corrected chi connectivity index (χ2v) is 5.51. The molecule has 0 spiro atoms. The zero-order valence-electron chi connectivity index (χ0n) is 13.5. The van der Waals surface area contributed by atoms with E-state index in [0.29, 0.717) is 6.54 Å². The van der Waals surface area contributed by atoms with Gasteiger partial charge in [0.05, 0.1) is 0 Å². The molecule has 21 heavy (non-hydrogen) atoms. The molecule has 0 aromatic heterocycles. The van der Waals surface area contributed by atoms with Crippen molar-refractivity contribution in [3.8, 4) is 0 Å². The molecule has 0 rings (SSSR count). The highest BCUT2D eigenvalue weighted by Crippen LogP contribution is 2.04. The van der Waals surface area contributed by atoms with Crippen molar-refractivity contribution in [1.29, 1.82) is 0 Å². The van der Waals surface area contributed by atoms with E-state index in [1.165, 1.54) is 32.1 Å². The van der Waals surface area contributed by atoms with Crippen molar-refractivity contribution >= 4 is 12.0 Å². The van der Waals surface area contributed by atoms with Gasteiger partial charge in [-0.1, -0.05) is 51.9 Å². The molecule has 124 valence electrons. The van der Waals surface area contributed by atoms with Crippen LogP contribution in [0.1, 0.15) is 77.6 Å². The van der Waals surface area contributed by atoms with E-state index in [4.69, 9.17) is 5.11 Å². The van der Waals surface area contributed by atoms with Crippen molar-refractivity contribution in [2.45, 2.75) is 77.6 Å². The monoisotopic (exact) mass is 300 g/mol. The summed E-state index contributed by atoms with van der Waals surface area (Å²) < 4.78 is 0. The lowest BCUT2D eigenvalue weighted by Gasteiger charge is -2.07. The van der Waals surface area contributed by atoms with E-state index in [1.807, 2.05) is 0 Å². The quantitative estimate of drug-likeness (QED) is 0.428. The molecule has 0 heterocycles. The highest BCUT2D eigenvalue weighted by molar-refractivity contribution is 5.73. The zero-order chi connectivity index (χ0) is 15.8. The fourth-order valence-electron chi connectivity index (χ4n) is 2.13. The van der Waals surface area contributed by atoms with Crippen LogP contribution in [0.5, 0.6) is 0 Å². The van der Waals surface area contributed by atoms with Gasteiger partial charge in [0.15, 0.2) is 0 Å². The van der Waals surface area contributed by atoms with Crippen molar-refractivity contribution in [2.24, 2.45) is 0 Å². The normalized spacial score (nSPS) is 10.3. The molecule has 0 bridgehead atoms. The van der Waals surface area contributed by atoms with Crippen molar-refractivity contribution in [2.75, 3.05) is 13.1 Å². The fourth-order valence-corrected chi connectivity index (χ4v) is 2.13. The molecule has 0 atom stereocenters. The van der Waals surface area contributed by atoms with E-state index in [2.05, 4.69) is 17.6 Å². The maximum Gasteiger partial charge on any atom is 0.314 e. The van der Waals surface area contributed by atoms with Crippen LogP contribution in [-0.4, -0.2) is 30.2 Å². The number of aliphatic carboxylic acids is 1. The van der Waals surface area contributed by atoms with Gasteiger partial charge in [-0.2, -0.15) is 0 Å². The molecule has 3 N–H and O–H groups in total. The van der Waals surface area contributed by atoms with Gasteiger partial charge in [-0.3, -0.25) is 4.79 Å². The molecule has 0 aromatic rings. The molecule has 0 fully saturated rings.